The normalized spacial score (nSPS) is 13.7. The number of nitrogens with zero attached hydrogens (tertiary/aromatic N) is 2. The maximum Gasteiger partial charge on any atom is 0.258 e. The van der Waals surface area contributed by atoms with E-state index in [9.17, 15) is 4.79 Å². The summed E-state index contributed by atoms with van der Waals surface area (Å²) in [7, 11) is 1.79. The first-order valence-corrected chi connectivity index (χ1v) is 6.36. The van der Waals surface area contributed by atoms with Gasteiger partial charge in [0, 0.05) is 12.7 Å². The van der Waals surface area contributed by atoms with Gasteiger partial charge >= 0.3 is 0 Å². The van der Waals surface area contributed by atoms with Gasteiger partial charge in [0.15, 0.2) is 5.01 Å². The Labute approximate surface area is 102 Å². The van der Waals surface area contributed by atoms with Crippen LogP contribution in [-0.2, 0) is 12.8 Å². The molecular formula is C11H12N4OS. The highest BCUT2D eigenvalue weighted by atomic mass is 32.1. The molecule has 0 aliphatic heterocycles. The summed E-state index contributed by atoms with van der Waals surface area (Å²) in [5, 5.41) is 12.3. The maximum absolute atomic E-state index is 11.9. The fraction of sp³-hybridized carbons (Fsp3) is 0.364. The highest BCUT2D eigenvalue weighted by Crippen LogP contribution is 2.27. The van der Waals surface area contributed by atoms with Crippen LogP contribution in [0.5, 0.6) is 0 Å². The van der Waals surface area contributed by atoms with E-state index in [0.29, 0.717) is 10.6 Å². The highest BCUT2D eigenvalue weighted by Gasteiger charge is 2.17. The quantitative estimate of drug-likeness (QED) is 0.843. The van der Waals surface area contributed by atoms with Gasteiger partial charge in [0.25, 0.3) is 5.56 Å². The van der Waals surface area contributed by atoms with Crippen molar-refractivity contribution < 1.29 is 0 Å². The second-order valence-electron chi connectivity index (χ2n) is 4.03. The average molecular weight is 248 g/mol. The van der Waals surface area contributed by atoms with Crippen LogP contribution >= 0.6 is 11.3 Å². The van der Waals surface area contributed by atoms with Gasteiger partial charge in [0.1, 0.15) is 0 Å². The first-order chi connectivity index (χ1) is 8.28. The zero-order valence-electron chi connectivity index (χ0n) is 9.41. The molecule has 0 saturated heterocycles. The van der Waals surface area contributed by atoms with Gasteiger partial charge < -0.3 is 10.3 Å². The summed E-state index contributed by atoms with van der Waals surface area (Å²) in [6, 6.07) is 1.96. The standard InChI is InChI=1S/C11H12N4OS/c1-12-11-15-14-10(17-11)7-5-6-3-2-4-8(6)13-9(7)16/h5H,2-4H2,1H3,(H,12,15)(H,13,16). The molecule has 3 rings (SSSR count). The number of nitrogens with one attached hydrogen (secondary N) is 2. The van der Waals surface area contributed by atoms with Gasteiger partial charge in [-0.05, 0) is 30.9 Å². The van der Waals surface area contributed by atoms with E-state index in [1.807, 2.05) is 6.07 Å². The predicted molar refractivity (Wildman–Crippen MR) is 67.5 cm³/mol. The van der Waals surface area contributed by atoms with Crippen LogP contribution in [0.1, 0.15) is 17.7 Å². The molecule has 1 aliphatic carbocycles. The molecule has 6 heteroatoms. The van der Waals surface area contributed by atoms with Crippen molar-refractivity contribution in [2.24, 2.45) is 0 Å². The smallest absolute Gasteiger partial charge is 0.258 e. The third-order valence-corrected chi connectivity index (χ3v) is 3.93. The topological polar surface area (TPSA) is 70.7 Å². The Morgan fingerprint density at radius 3 is 3.06 bits per heavy atom. The first kappa shape index (κ1) is 10.5. The molecule has 2 aromatic rings. The lowest BCUT2D eigenvalue weighted by molar-refractivity contribution is 0.897. The van der Waals surface area contributed by atoms with Gasteiger partial charge in [0.2, 0.25) is 5.13 Å². The molecule has 0 unspecified atom stereocenters. The maximum atomic E-state index is 11.9. The Hall–Kier alpha value is -1.69. The Morgan fingerprint density at radius 1 is 1.41 bits per heavy atom. The van der Waals surface area contributed by atoms with Crippen molar-refractivity contribution >= 4 is 16.5 Å². The van der Waals surface area contributed by atoms with Crippen LogP contribution < -0.4 is 10.9 Å². The SMILES string of the molecule is CNc1nnc(-c2cc3c([nH]c2=O)CCC3)s1. The van der Waals surface area contributed by atoms with Crippen LogP contribution in [0.15, 0.2) is 10.9 Å². The second-order valence-corrected chi connectivity index (χ2v) is 5.01. The molecular weight excluding hydrogens is 236 g/mol. The number of aryl methyl sites for hydroxylation is 2. The summed E-state index contributed by atoms with van der Waals surface area (Å²) in [4.78, 5) is 14.9. The van der Waals surface area contributed by atoms with Crippen molar-refractivity contribution in [3.8, 4) is 10.6 Å². The molecule has 0 aromatic carbocycles. The molecule has 2 aromatic heterocycles. The molecule has 0 radical (unpaired) electrons. The van der Waals surface area contributed by atoms with E-state index in [2.05, 4.69) is 20.5 Å². The molecule has 2 heterocycles. The Bertz CT molecular complexity index is 616. The summed E-state index contributed by atoms with van der Waals surface area (Å²) in [5.41, 5.74) is 2.88. The van der Waals surface area contributed by atoms with Crippen LogP contribution in [0, 0.1) is 0 Å². The van der Waals surface area contributed by atoms with E-state index >= 15 is 0 Å². The van der Waals surface area contributed by atoms with E-state index in [4.69, 9.17) is 0 Å². The summed E-state index contributed by atoms with van der Waals surface area (Å²) < 4.78 is 0. The monoisotopic (exact) mass is 248 g/mol. The zero-order chi connectivity index (χ0) is 11.8. The number of hydrogen-bond acceptors (Lipinski definition) is 5. The van der Waals surface area contributed by atoms with Crippen LogP contribution in [0.25, 0.3) is 10.6 Å². The number of fused-ring (bicyclic) bond motifs is 1. The van der Waals surface area contributed by atoms with Crippen LogP contribution in [0.2, 0.25) is 0 Å². The van der Waals surface area contributed by atoms with Crippen molar-refractivity contribution in [3.05, 3.63) is 27.7 Å². The van der Waals surface area contributed by atoms with Gasteiger partial charge in [-0.3, -0.25) is 4.79 Å². The molecule has 17 heavy (non-hydrogen) atoms. The summed E-state index contributed by atoms with van der Waals surface area (Å²) in [6.45, 7) is 0. The molecule has 0 bridgehead atoms. The van der Waals surface area contributed by atoms with Crippen molar-refractivity contribution in [2.75, 3.05) is 12.4 Å². The third-order valence-electron chi connectivity index (χ3n) is 2.96. The minimum atomic E-state index is -0.0653. The minimum absolute atomic E-state index is 0.0653. The molecule has 0 fully saturated rings. The second kappa shape index (κ2) is 3.96. The lowest BCUT2D eigenvalue weighted by atomic mass is 10.1. The minimum Gasteiger partial charge on any atom is -0.363 e. The fourth-order valence-corrected chi connectivity index (χ4v) is 2.82. The molecule has 0 saturated carbocycles. The van der Waals surface area contributed by atoms with E-state index in [1.165, 1.54) is 16.9 Å². The van der Waals surface area contributed by atoms with Crippen LogP contribution in [0.4, 0.5) is 5.13 Å². The summed E-state index contributed by atoms with van der Waals surface area (Å²) in [5.74, 6) is 0. The number of aromatic nitrogens is 3. The molecule has 88 valence electrons. The number of rotatable bonds is 2. The predicted octanol–water partition coefficient (Wildman–Crippen LogP) is 1.42. The largest absolute Gasteiger partial charge is 0.363 e. The molecule has 5 nitrogen and oxygen atoms in total. The lowest BCUT2D eigenvalue weighted by Gasteiger charge is -2.00. The number of pyridine rings is 1. The van der Waals surface area contributed by atoms with Gasteiger partial charge in [0.05, 0.1) is 5.56 Å². The molecule has 0 spiro atoms. The van der Waals surface area contributed by atoms with Crippen molar-refractivity contribution in [1.82, 2.24) is 15.2 Å². The summed E-state index contributed by atoms with van der Waals surface area (Å²) in [6.07, 6.45) is 3.13. The Balaban J connectivity index is 2.11. The first-order valence-electron chi connectivity index (χ1n) is 5.54. The fourth-order valence-electron chi connectivity index (χ4n) is 2.11. The number of aromatic amines is 1. The highest BCUT2D eigenvalue weighted by molar-refractivity contribution is 7.18. The van der Waals surface area contributed by atoms with E-state index < -0.39 is 0 Å². The molecule has 1 aliphatic rings. The van der Waals surface area contributed by atoms with Gasteiger partial charge in [-0.15, -0.1) is 10.2 Å². The number of anilines is 1. The summed E-state index contributed by atoms with van der Waals surface area (Å²) >= 11 is 1.39. The van der Waals surface area contributed by atoms with Crippen molar-refractivity contribution in [3.63, 3.8) is 0 Å². The molecule has 2 N–H and O–H groups in total. The molecule has 0 atom stereocenters. The Kier molecular flexibility index (Phi) is 2.44. The number of hydrogen-bond donors (Lipinski definition) is 2. The average Bonchev–Trinajstić information content (AvgIpc) is 2.94. The van der Waals surface area contributed by atoms with Gasteiger partial charge in [-0.2, -0.15) is 0 Å². The molecule has 0 amide bonds. The van der Waals surface area contributed by atoms with Gasteiger partial charge in [-0.25, -0.2) is 0 Å². The van der Waals surface area contributed by atoms with Crippen molar-refractivity contribution in [2.45, 2.75) is 19.3 Å². The number of H-pyrrole nitrogens is 1. The van der Waals surface area contributed by atoms with Crippen molar-refractivity contribution in [1.29, 1.82) is 0 Å². The van der Waals surface area contributed by atoms with Gasteiger partial charge in [-0.1, -0.05) is 11.3 Å². The van der Waals surface area contributed by atoms with E-state index in [0.717, 1.165) is 30.1 Å². The van der Waals surface area contributed by atoms with E-state index in [-0.39, 0.29) is 5.56 Å². The van der Waals surface area contributed by atoms with Crippen LogP contribution in [-0.4, -0.2) is 22.2 Å². The van der Waals surface area contributed by atoms with E-state index in [1.54, 1.807) is 7.05 Å². The lowest BCUT2D eigenvalue weighted by Crippen LogP contribution is -2.11. The zero-order valence-corrected chi connectivity index (χ0v) is 10.2. The third kappa shape index (κ3) is 1.74. The Morgan fingerprint density at radius 2 is 2.29 bits per heavy atom. The van der Waals surface area contributed by atoms with Crippen LogP contribution in [0.3, 0.4) is 0 Å².